The number of nitrogens with zero attached hydrogens (tertiary/aromatic N) is 4. The molecule has 31 heavy (non-hydrogen) atoms. The van der Waals surface area contributed by atoms with E-state index in [1.54, 1.807) is 18.5 Å². The largest absolute Gasteiger partial charge is 0.459 e. The third kappa shape index (κ3) is 3.90. The van der Waals surface area contributed by atoms with Crippen LogP contribution in [0.1, 0.15) is 47.8 Å². The highest BCUT2D eigenvalue weighted by molar-refractivity contribution is 5.76. The summed E-state index contributed by atoms with van der Waals surface area (Å²) >= 11 is 0. The van der Waals surface area contributed by atoms with Gasteiger partial charge in [0.05, 0.1) is 18.1 Å². The third-order valence-corrected chi connectivity index (χ3v) is 5.59. The highest BCUT2D eigenvalue weighted by Crippen LogP contribution is 2.25. The fourth-order valence-electron chi connectivity index (χ4n) is 3.94. The van der Waals surface area contributed by atoms with Crippen LogP contribution in [0, 0.1) is 0 Å². The first-order chi connectivity index (χ1) is 15.1. The fourth-order valence-corrected chi connectivity index (χ4v) is 3.94. The van der Waals surface area contributed by atoms with Gasteiger partial charge in [0.25, 0.3) is 11.5 Å². The van der Waals surface area contributed by atoms with Crippen molar-refractivity contribution in [2.75, 3.05) is 10.6 Å². The molecule has 9 heteroatoms. The predicted octanol–water partition coefficient (Wildman–Crippen LogP) is 4.42. The van der Waals surface area contributed by atoms with E-state index in [-0.39, 0.29) is 20.4 Å². The Balaban J connectivity index is 0.00000153. The van der Waals surface area contributed by atoms with Crippen LogP contribution in [0.3, 0.4) is 0 Å². The Morgan fingerprint density at radius 3 is 2.74 bits per heavy atom. The molecule has 0 radical (unpaired) electrons. The molecular weight excluding hydrogens is 396 g/mol. The minimum absolute atomic E-state index is 0. The highest BCUT2D eigenvalue weighted by atomic mass is 16.5. The van der Waals surface area contributed by atoms with Crippen molar-refractivity contribution in [3.63, 3.8) is 0 Å². The lowest BCUT2D eigenvalue weighted by molar-refractivity contribution is 0.365. The van der Waals surface area contributed by atoms with Crippen LogP contribution in [0.5, 0.6) is 0 Å². The maximum atomic E-state index is 12.6. The Labute approximate surface area is 181 Å². The number of rotatable bonds is 6. The Kier molecular flexibility index (Phi) is 4.93. The Hall–Kier alpha value is -3.62. The van der Waals surface area contributed by atoms with Crippen molar-refractivity contribution >= 4 is 22.7 Å². The van der Waals surface area contributed by atoms with Gasteiger partial charge in [0, 0.05) is 32.4 Å². The lowest BCUT2D eigenvalue weighted by Gasteiger charge is -2.15. The number of hydrogen-bond acceptors (Lipinski definition) is 8. The number of anilines is 2. The zero-order chi connectivity index (χ0) is 21.4. The molecule has 0 bridgehead atoms. The van der Waals surface area contributed by atoms with Gasteiger partial charge in [-0.15, -0.1) is 0 Å². The van der Waals surface area contributed by atoms with Crippen molar-refractivity contribution in [2.45, 2.75) is 51.1 Å². The molecule has 1 fully saturated rings. The molecule has 2 N–H and O–H groups in total. The summed E-state index contributed by atoms with van der Waals surface area (Å²) in [6.45, 7) is 4.05. The van der Waals surface area contributed by atoms with Gasteiger partial charge >= 0.3 is 0 Å². The van der Waals surface area contributed by atoms with E-state index in [1.807, 2.05) is 32.0 Å². The van der Waals surface area contributed by atoms with E-state index in [0.29, 0.717) is 29.2 Å². The van der Waals surface area contributed by atoms with E-state index < -0.39 is 0 Å². The van der Waals surface area contributed by atoms with E-state index in [1.165, 1.54) is 10.8 Å². The standard InChI is InChI=1S/C22H24N6O3.2H2/c1-13(2)20-26-22(27-31-20)25-16-4-3-15(11-16)24-18-6-5-17(12-23-18)28-9-7-14-8-10-30-19(14)21(28)29;;/h5-10,12-13,15-16H,3-4,11H2,1-2H3,(H,23,24)(H,25,27);2*1H/t15-,16-;;/m0../s1. The van der Waals surface area contributed by atoms with E-state index in [4.69, 9.17) is 8.94 Å². The number of furan rings is 1. The summed E-state index contributed by atoms with van der Waals surface area (Å²) in [4.78, 5) is 21.5. The molecule has 0 amide bonds. The smallest absolute Gasteiger partial charge is 0.298 e. The second-order valence-corrected chi connectivity index (χ2v) is 8.20. The maximum Gasteiger partial charge on any atom is 0.298 e. The molecule has 0 unspecified atom stereocenters. The number of aromatic nitrogens is 4. The van der Waals surface area contributed by atoms with Crippen LogP contribution in [0.2, 0.25) is 0 Å². The van der Waals surface area contributed by atoms with Gasteiger partial charge in [-0.2, -0.15) is 4.98 Å². The quantitative estimate of drug-likeness (QED) is 0.468. The first-order valence-electron chi connectivity index (χ1n) is 10.5. The molecule has 4 heterocycles. The van der Waals surface area contributed by atoms with Crippen molar-refractivity contribution in [2.24, 2.45) is 0 Å². The molecule has 1 saturated carbocycles. The Morgan fingerprint density at radius 1 is 1.16 bits per heavy atom. The van der Waals surface area contributed by atoms with Gasteiger partial charge in [0.1, 0.15) is 5.82 Å². The fraction of sp³-hybridized carbons (Fsp3) is 0.364. The van der Waals surface area contributed by atoms with Gasteiger partial charge < -0.3 is 19.6 Å². The molecule has 1 aliphatic carbocycles. The van der Waals surface area contributed by atoms with Gasteiger partial charge in [-0.3, -0.25) is 9.36 Å². The van der Waals surface area contributed by atoms with Gasteiger partial charge in [-0.25, -0.2) is 4.98 Å². The summed E-state index contributed by atoms with van der Waals surface area (Å²) in [5.41, 5.74) is 0.839. The zero-order valence-electron chi connectivity index (χ0n) is 17.4. The van der Waals surface area contributed by atoms with Gasteiger partial charge in [0.2, 0.25) is 5.89 Å². The first-order valence-corrected chi connectivity index (χ1v) is 10.5. The SMILES string of the molecule is CC(C)c1nc(N[C@H]2CC[C@H](Nc3ccc(-n4ccc5ccoc5c4=O)cn3)C2)no1.[HH].[HH]. The molecule has 164 valence electrons. The van der Waals surface area contributed by atoms with E-state index in [0.717, 1.165) is 30.5 Å². The van der Waals surface area contributed by atoms with Crippen molar-refractivity contribution in [1.29, 1.82) is 0 Å². The van der Waals surface area contributed by atoms with Crippen LogP contribution in [-0.2, 0) is 0 Å². The van der Waals surface area contributed by atoms with Crippen LogP contribution in [0.15, 0.2) is 56.7 Å². The van der Waals surface area contributed by atoms with Gasteiger partial charge in [0.15, 0.2) is 5.58 Å². The molecule has 5 rings (SSSR count). The molecule has 0 spiro atoms. The highest BCUT2D eigenvalue weighted by Gasteiger charge is 2.26. The number of nitrogens with one attached hydrogen (secondary N) is 2. The maximum absolute atomic E-state index is 12.6. The number of pyridine rings is 2. The zero-order valence-corrected chi connectivity index (χ0v) is 17.4. The Morgan fingerprint density at radius 2 is 2.00 bits per heavy atom. The monoisotopic (exact) mass is 424 g/mol. The van der Waals surface area contributed by atoms with Crippen LogP contribution < -0.4 is 16.2 Å². The van der Waals surface area contributed by atoms with Gasteiger partial charge in [-0.1, -0.05) is 13.8 Å². The summed E-state index contributed by atoms with van der Waals surface area (Å²) < 4.78 is 12.1. The number of fused-ring (bicyclic) bond motifs is 1. The number of hydrogen-bond donors (Lipinski definition) is 2. The topological polar surface area (TPSA) is 111 Å². The lowest BCUT2D eigenvalue weighted by atomic mass is 10.2. The average Bonchev–Trinajstić information content (AvgIpc) is 3.51. The molecule has 2 atom stereocenters. The Bertz CT molecular complexity index is 1250. The van der Waals surface area contributed by atoms with Crippen LogP contribution in [0.25, 0.3) is 16.7 Å². The molecular formula is C22H28N6O3. The summed E-state index contributed by atoms with van der Waals surface area (Å²) in [5, 5.41) is 11.6. The second kappa shape index (κ2) is 7.90. The molecule has 4 aromatic heterocycles. The minimum Gasteiger partial charge on any atom is -0.459 e. The molecule has 0 aliphatic heterocycles. The molecule has 9 nitrogen and oxygen atoms in total. The van der Waals surface area contributed by atoms with Crippen LogP contribution in [-0.4, -0.2) is 31.8 Å². The van der Waals surface area contributed by atoms with Crippen LogP contribution in [0.4, 0.5) is 11.8 Å². The predicted molar refractivity (Wildman–Crippen MR) is 121 cm³/mol. The molecule has 4 aromatic rings. The summed E-state index contributed by atoms with van der Waals surface area (Å²) in [6, 6.07) is 7.98. The molecule has 0 aromatic carbocycles. The van der Waals surface area contributed by atoms with Gasteiger partial charge in [-0.05, 0) is 48.7 Å². The van der Waals surface area contributed by atoms with E-state index in [9.17, 15) is 4.79 Å². The van der Waals surface area contributed by atoms with E-state index in [2.05, 4.69) is 25.8 Å². The van der Waals surface area contributed by atoms with Crippen molar-refractivity contribution in [3.8, 4) is 5.69 Å². The summed E-state index contributed by atoms with van der Waals surface area (Å²) in [6.07, 6.45) is 7.91. The minimum atomic E-state index is -0.197. The average molecular weight is 425 g/mol. The second-order valence-electron chi connectivity index (χ2n) is 8.20. The van der Waals surface area contributed by atoms with Crippen molar-refractivity contribution < 1.29 is 11.8 Å². The third-order valence-electron chi connectivity index (χ3n) is 5.59. The van der Waals surface area contributed by atoms with Crippen molar-refractivity contribution in [1.82, 2.24) is 19.7 Å². The normalized spacial score (nSPS) is 18.7. The summed E-state index contributed by atoms with van der Waals surface area (Å²) in [7, 11) is 0. The van der Waals surface area contributed by atoms with E-state index >= 15 is 0 Å². The molecule has 1 aliphatic rings. The van der Waals surface area contributed by atoms with Crippen LogP contribution >= 0.6 is 0 Å². The molecule has 0 saturated heterocycles. The first kappa shape index (κ1) is 19.3. The summed E-state index contributed by atoms with van der Waals surface area (Å²) in [5.74, 6) is 2.19. The van der Waals surface area contributed by atoms with Crippen molar-refractivity contribution in [3.05, 3.63) is 59.2 Å². The lowest BCUT2D eigenvalue weighted by Crippen LogP contribution is -2.22.